The normalized spacial score (nSPS) is 11.6. The molecule has 0 fully saturated rings. The van der Waals surface area contributed by atoms with Gasteiger partial charge in [0.2, 0.25) is 0 Å². The van der Waals surface area contributed by atoms with E-state index in [1.807, 2.05) is 6.92 Å². The summed E-state index contributed by atoms with van der Waals surface area (Å²) in [4.78, 5) is 0.130. The summed E-state index contributed by atoms with van der Waals surface area (Å²) in [7, 11) is -2.20. The second kappa shape index (κ2) is 8.28. The van der Waals surface area contributed by atoms with Gasteiger partial charge in [-0.05, 0) is 24.6 Å². The van der Waals surface area contributed by atoms with Crippen molar-refractivity contribution in [2.45, 2.75) is 24.7 Å². The molecule has 1 aromatic heterocycles. The fourth-order valence-corrected chi connectivity index (χ4v) is 4.54. The Morgan fingerprint density at radius 2 is 1.93 bits per heavy atom. The van der Waals surface area contributed by atoms with Gasteiger partial charge in [-0.2, -0.15) is 0 Å². The Labute approximate surface area is 168 Å². The Kier molecular flexibility index (Phi) is 6.00. The average molecular weight is 423 g/mol. The second-order valence-electron chi connectivity index (χ2n) is 6.29. The van der Waals surface area contributed by atoms with Crippen molar-refractivity contribution in [1.82, 2.24) is 14.8 Å². The molecule has 0 aliphatic heterocycles. The third-order valence-corrected chi connectivity index (χ3v) is 6.42. The van der Waals surface area contributed by atoms with E-state index < -0.39 is 15.8 Å². The summed E-state index contributed by atoms with van der Waals surface area (Å²) in [6.45, 7) is 2.15. The van der Waals surface area contributed by atoms with Crippen LogP contribution in [0.4, 0.5) is 10.1 Å². The van der Waals surface area contributed by atoms with Crippen molar-refractivity contribution in [3.63, 3.8) is 0 Å². The van der Waals surface area contributed by atoms with Gasteiger partial charge >= 0.3 is 0 Å². The first-order valence-electron chi connectivity index (χ1n) is 8.77. The van der Waals surface area contributed by atoms with E-state index in [-0.39, 0.29) is 22.2 Å². The Balaban J connectivity index is 2.24. The molecule has 148 valence electrons. The lowest BCUT2D eigenvalue weighted by Crippen LogP contribution is -2.32. The summed E-state index contributed by atoms with van der Waals surface area (Å²) >= 11 is 5.99. The summed E-state index contributed by atoms with van der Waals surface area (Å²) in [6.07, 6.45) is 2.86. The van der Waals surface area contributed by atoms with Crippen molar-refractivity contribution in [2.24, 2.45) is 7.05 Å². The van der Waals surface area contributed by atoms with Crippen LogP contribution in [-0.2, 0) is 17.1 Å². The van der Waals surface area contributed by atoms with Gasteiger partial charge in [0.1, 0.15) is 12.1 Å². The molecule has 0 spiro atoms. The van der Waals surface area contributed by atoms with Crippen LogP contribution in [0, 0.1) is 5.82 Å². The minimum atomic E-state index is -3.92. The van der Waals surface area contributed by atoms with Crippen LogP contribution in [0.2, 0.25) is 5.02 Å². The van der Waals surface area contributed by atoms with Gasteiger partial charge in [-0.3, -0.25) is 4.31 Å². The molecule has 0 saturated heterocycles. The van der Waals surface area contributed by atoms with Crippen LogP contribution in [0.1, 0.15) is 19.8 Å². The van der Waals surface area contributed by atoms with E-state index in [9.17, 15) is 12.8 Å². The molecule has 0 aliphatic rings. The fourth-order valence-electron chi connectivity index (χ4n) is 2.84. The SMILES string of the molecule is CCCCN(c1cc(F)c(Cl)cc1-c1nncn1C)S(=O)(=O)c1ccccc1. The Morgan fingerprint density at radius 1 is 1.21 bits per heavy atom. The monoisotopic (exact) mass is 422 g/mol. The predicted molar refractivity (Wildman–Crippen MR) is 107 cm³/mol. The van der Waals surface area contributed by atoms with E-state index in [0.29, 0.717) is 17.8 Å². The number of hydrogen-bond acceptors (Lipinski definition) is 4. The highest BCUT2D eigenvalue weighted by Gasteiger charge is 2.29. The van der Waals surface area contributed by atoms with Gasteiger partial charge in [-0.15, -0.1) is 10.2 Å². The molecule has 0 radical (unpaired) electrons. The highest BCUT2D eigenvalue weighted by Crippen LogP contribution is 2.36. The van der Waals surface area contributed by atoms with Gasteiger partial charge in [-0.25, -0.2) is 12.8 Å². The first kappa shape index (κ1) is 20.3. The maximum absolute atomic E-state index is 14.4. The van der Waals surface area contributed by atoms with Crippen LogP contribution in [-0.4, -0.2) is 29.7 Å². The zero-order chi connectivity index (χ0) is 20.3. The first-order valence-corrected chi connectivity index (χ1v) is 10.6. The average Bonchev–Trinajstić information content (AvgIpc) is 3.11. The molecule has 0 aliphatic carbocycles. The number of sulfonamides is 1. The molecule has 0 bridgehead atoms. The molecule has 0 amide bonds. The number of anilines is 1. The van der Waals surface area contributed by atoms with E-state index in [2.05, 4.69) is 10.2 Å². The van der Waals surface area contributed by atoms with Crippen LogP contribution in [0.15, 0.2) is 53.7 Å². The van der Waals surface area contributed by atoms with Crippen LogP contribution < -0.4 is 4.31 Å². The van der Waals surface area contributed by atoms with E-state index in [1.54, 1.807) is 29.8 Å². The molecule has 0 saturated carbocycles. The highest BCUT2D eigenvalue weighted by molar-refractivity contribution is 7.92. The molecular formula is C19H20ClFN4O2S. The molecule has 3 rings (SSSR count). The Morgan fingerprint density at radius 3 is 2.54 bits per heavy atom. The van der Waals surface area contributed by atoms with Crippen molar-refractivity contribution in [1.29, 1.82) is 0 Å². The quantitative estimate of drug-likeness (QED) is 0.570. The minimum absolute atomic E-state index is 0.116. The molecule has 6 nitrogen and oxygen atoms in total. The molecule has 2 aromatic carbocycles. The summed E-state index contributed by atoms with van der Waals surface area (Å²) < 4.78 is 44.0. The maximum atomic E-state index is 14.4. The minimum Gasteiger partial charge on any atom is -0.317 e. The second-order valence-corrected chi connectivity index (χ2v) is 8.56. The van der Waals surface area contributed by atoms with Crippen LogP contribution >= 0.6 is 11.6 Å². The molecule has 0 unspecified atom stereocenters. The lowest BCUT2D eigenvalue weighted by molar-refractivity contribution is 0.588. The van der Waals surface area contributed by atoms with Crippen molar-refractivity contribution >= 4 is 27.3 Å². The van der Waals surface area contributed by atoms with E-state index in [0.717, 1.165) is 12.5 Å². The van der Waals surface area contributed by atoms with Crippen LogP contribution in [0.25, 0.3) is 11.4 Å². The number of benzene rings is 2. The third-order valence-electron chi connectivity index (χ3n) is 4.31. The maximum Gasteiger partial charge on any atom is 0.264 e. The smallest absolute Gasteiger partial charge is 0.264 e. The number of aromatic nitrogens is 3. The predicted octanol–water partition coefficient (Wildman–Crippen LogP) is 4.27. The van der Waals surface area contributed by atoms with Crippen LogP contribution in [0.3, 0.4) is 0 Å². The summed E-state index contributed by atoms with van der Waals surface area (Å²) in [6, 6.07) is 10.6. The highest BCUT2D eigenvalue weighted by atomic mass is 35.5. The number of rotatable bonds is 7. The van der Waals surface area contributed by atoms with Crippen LogP contribution in [0.5, 0.6) is 0 Å². The molecule has 0 atom stereocenters. The van der Waals surface area contributed by atoms with E-state index >= 15 is 0 Å². The number of nitrogens with zero attached hydrogens (tertiary/aromatic N) is 4. The van der Waals surface area contributed by atoms with Crippen molar-refractivity contribution in [2.75, 3.05) is 10.8 Å². The Bertz CT molecular complexity index is 1070. The molecular weight excluding hydrogens is 403 g/mol. The van der Waals surface area contributed by atoms with Gasteiger partial charge in [0, 0.05) is 25.2 Å². The lowest BCUT2D eigenvalue weighted by atomic mass is 10.1. The molecule has 28 heavy (non-hydrogen) atoms. The topological polar surface area (TPSA) is 68.1 Å². The number of hydrogen-bond donors (Lipinski definition) is 0. The van der Waals surface area contributed by atoms with Gasteiger partial charge in [0.05, 0.1) is 15.6 Å². The standard InChI is InChI=1S/C19H20ClFN4O2S/c1-3-4-10-25(28(26,27)14-8-6-5-7-9-14)18-12-17(21)16(20)11-15(18)19-23-22-13-24(19)2/h5-9,11-13H,3-4,10H2,1-2H3. The fraction of sp³-hybridized carbons (Fsp3) is 0.263. The number of aryl methyl sites for hydroxylation is 1. The summed E-state index contributed by atoms with van der Waals surface area (Å²) in [5.74, 6) is -0.311. The van der Waals surface area contributed by atoms with E-state index in [4.69, 9.17) is 11.6 Å². The molecule has 9 heteroatoms. The van der Waals surface area contributed by atoms with E-state index in [1.165, 1.54) is 28.8 Å². The van der Waals surface area contributed by atoms with Gasteiger partial charge in [0.15, 0.2) is 5.82 Å². The summed E-state index contributed by atoms with van der Waals surface area (Å²) in [5, 5.41) is 7.77. The number of halogens is 2. The van der Waals surface area contributed by atoms with Gasteiger partial charge in [0.25, 0.3) is 10.0 Å². The van der Waals surface area contributed by atoms with Gasteiger partial charge < -0.3 is 4.57 Å². The molecule has 1 heterocycles. The third kappa shape index (κ3) is 3.88. The Hall–Kier alpha value is -2.45. The zero-order valence-electron chi connectivity index (χ0n) is 15.5. The van der Waals surface area contributed by atoms with Crippen molar-refractivity contribution in [3.05, 3.63) is 59.6 Å². The molecule has 3 aromatic rings. The first-order chi connectivity index (χ1) is 13.4. The largest absolute Gasteiger partial charge is 0.317 e. The van der Waals surface area contributed by atoms with Gasteiger partial charge in [-0.1, -0.05) is 43.1 Å². The lowest BCUT2D eigenvalue weighted by Gasteiger charge is -2.26. The molecule has 0 N–H and O–H groups in total. The number of unbranched alkanes of at least 4 members (excludes halogenated alkanes) is 1. The zero-order valence-corrected chi connectivity index (χ0v) is 17.1. The summed E-state index contributed by atoms with van der Waals surface area (Å²) in [5.41, 5.74) is 0.567. The van der Waals surface area contributed by atoms with Crippen molar-refractivity contribution in [3.8, 4) is 11.4 Å². The van der Waals surface area contributed by atoms with Crippen molar-refractivity contribution < 1.29 is 12.8 Å².